The van der Waals surface area contributed by atoms with Crippen LogP contribution in [0.2, 0.25) is 0 Å². The molecule has 0 spiro atoms. The first-order chi connectivity index (χ1) is 8.09. The number of nitrogens with one attached hydrogen (secondary N) is 2. The Morgan fingerprint density at radius 2 is 2.29 bits per heavy atom. The molecule has 1 aromatic rings. The van der Waals surface area contributed by atoms with Crippen LogP contribution in [0.5, 0.6) is 0 Å². The highest BCUT2D eigenvalue weighted by atomic mass is 16.4. The summed E-state index contributed by atoms with van der Waals surface area (Å²) in [5.74, 6) is -1.06. The molecule has 0 bridgehead atoms. The van der Waals surface area contributed by atoms with Gasteiger partial charge in [-0.1, -0.05) is 0 Å². The number of aromatic nitrogens is 2. The van der Waals surface area contributed by atoms with Crippen molar-refractivity contribution in [3.63, 3.8) is 0 Å². The van der Waals surface area contributed by atoms with Crippen LogP contribution in [-0.4, -0.2) is 39.2 Å². The van der Waals surface area contributed by atoms with E-state index in [4.69, 9.17) is 5.11 Å². The summed E-state index contributed by atoms with van der Waals surface area (Å²) >= 11 is 0. The Bertz CT molecular complexity index is 364. The Hall–Kier alpha value is -2.05. The van der Waals surface area contributed by atoms with E-state index in [0.717, 1.165) is 13.0 Å². The lowest BCUT2D eigenvalue weighted by Crippen LogP contribution is -2.44. The molecule has 7 heteroatoms. The van der Waals surface area contributed by atoms with Crippen LogP contribution in [0.1, 0.15) is 13.3 Å². The maximum atomic E-state index is 11.2. The lowest BCUT2D eigenvalue weighted by atomic mass is 10.3. The number of imidazole rings is 1. The number of amides is 2. The number of aryl methyl sites for hydroxylation is 1. The first-order valence-corrected chi connectivity index (χ1v) is 5.32. The minimum atomic E-state index is -1.06. The number of carbonyl (C=O) groups is 2. The number of carbonyl (C=O) groups excluding carboxylic acids is 1. The minimum Gasteiger partial charge on any atom is -0.480 e. The third kappa shape index (κ3) is 5.01. The molecule has 7 nitrogen and oxygen atoms in total. The van der Waals surface area contributed by atoms with E-state index in [9.17, 15) is 9.59 Å². The molecule has 0 fully saturated rings. The molecular formula is C10H16N4O3. The summed E-state index contributed by atoms with van der Waals surface area (Å²) in [5.41, 5.74) is 0. The van der Waals surface area contributed by atoms with Gasteiger partial charge in [-0.15, -0.1) is 0 Å². The van der Waals surface area contributed by atoms with Gasteiger partial charge >= 0.3 is 12.0 Å². The molecule has 17 heavy (non-hydrogen) atoms. The Morgan fingerprint density at radius 1 is 1.53 bits per heavy atom. The van der Waals surface area contributed by atoms with Gasteiger partial charge in [-0.3, -0.25) is 4.79 Å². The molecule has 0 aliphatic heterocycles. The summed E-state index contributed by atoms with van der Waals surface area (Å²) in [7, 11) is 0. The van der Waals surface area contributed by atoms with Gasteiger partial charge in [-0.05, 0) is 13.3 Å². The Balaban J connectivity index is 2.10. The van der Waals surface area contributed by atoms with Crippen molar-refractivity contribution < 1.29 is 14.7 Å². The molecule has 0 aromatic carbocycles. The van der Waals surface area contributed by atoms with Crippen molar-refractivity contribution in [2.24, 2.45) is 0 Å². The van der Waals surface area contributed by atoms with Gasteiger partial charge in [-0.25, -0.2) is 9.78 Å². The third-order valence-corrected chi connectivity index (χ3v) is 2.16. The Morgan fingerprint density at radius 3 is 2.88 bits per heavy atom. The van der Waals surface area contributed by atoms with E-state index in [1.54, 1.807) is 12.5 Å². The molecule has 2 amide bonds. The monoisotopic (exact) mass is 240 g/mol. The van der Waals surface area contributed by atoms with Gasteiger partial charge < -0.3 is 20.3 Å². The number of nitrogens with zero attached hydrogens (tertiary/aromatic N) is 2. The largest absolute Gasteiger partial charge is 0.480 e. The van der Waals surface area contributed by atoms with Gasteiger partial charge in [0.25, 0.3) is 0 Å². The van der Waals surface area contributed by atoms with Crippen molar-refractivity contribution in [2.75, 3.05) is 6.54 Å². The normalized spacial score (nSPS) is 11.8. The van der Waals surface area contributed by atoms with Crippen molar-refractivity contribution in [1.29, 1.82) is 0 Å². The molecule has 0 aliphatic carbocycles. The smallest absolute Gasteiger partial charge is 0.325 e. The maximum Gasteiger partial charge on any atom is 0.325 e. The first-order valence-electron chi connectivity index (χ1n) is 5.32. The predicted molar refractivity (Wildman–Crippen MR) is 60.5 cm³/mol. The summed E-state index contributed by atoms with van der Waals surface area (Å²) in [6.45, 7) is 2.65. The number of aliphatic carboxylic acids is 1. The highest BCUT2D eigenvalue weighted by Gasteiger charge is 2.12. The zero-order valence-corrected chi connectivity index (χ0v) is 9.59. The van der Waals surface area contributed by atoms with Gasteiger partial charge in [0.1, 0.15) is 6.04 Å². The first kappa shape index (κ1) is 13.0. The molecule has 0 aliphatic rings. The summed E-state index contributed by atoms with van der Waals surface area (Å²) < 4.78 is 1.90. The zero-order chi connectivity index (χ0) is 12.7. The van der Waals surface area contributed by atoms with Crippen LogP contribution in [0.3, 0.4) is 0 Å². The van der Waals surface area contributed by atoms with Crippen LogP contribution in [0.4, 0.5) is 4.79 Å². The molecular weight excluding hydrogens is 224 g/mol. The van der Waals surface area contributed by atoms with Gasteiger partial charge in [-0.2, -0.15) is 0 Å². The summed E-state index contributed by atoms with van der Waals surface area (Å²) in [6, 6.07) is -1.35. The number of hydrogen-bond donors (Lipinski definition) is 3. The van der Waals surface area contributed by atoms with E-state index in [1.165, 1.54) is 6.92 Å². The van der Waals surface area contributed by atoms with Gasteiger partial charge in [0, 0.05) is 25.5 Å². The van der Waals surface area contributed by atoms with E-state index in [-0.39, 0.29) is 0 Å². The second-order valence-corrected chi connectivity index (χ2v) is 3.61. The van der Waals surface area contributed by atoms with Crippen molar-refractivity contribution in [2.45, 2.75) is 25.9 Å². The average Bonchev–Trinajstić information content (AvgIpc) is 2.77. The average molecular weight is 240 g/mol. The second-order valence-electron chi connectivity index (χ2n) is 3.61. The molecule has 0 saturated heterocycles. The molecule has 94 valence electrons. The van der Waals surface area contributed by atoms with E-state index >= 15 is 0 Å². The fourth-order valence-electron chi connectivity index (χ4n) is 1.19. The quantitative estimate of drug-likeness (QED) is 0.612. The lowest BCUT2D eigenvalue weighted by Gasteiger charge is -2.10. The highest BCUT2D eigenvalue weighted by Crippen LogP contribution is 1.89. The fraction of sp³-hybridized carbons (Fsp3) is 0.500. The molecule has 1 aromatic heterocycles. The number of carboxylic acids is 1. The Kier molecular flexibility index (Phi) is 4.99. The van der Waals surface area contributed by atoms with Crippen molar-refractivity contribution in [1.82, 2.24) is 20.2 Å². The minimum absolute atomic E-state index is 0.467. The van der Waals surface area contributed by atoms with Crippen molar-refractivity contribution in [3.05, 3.63) is 18.7 Å². The lowest BCUT2D eigenvalue weighted by molar-refractivity contribution is -0.138. The topological polar surface area (TPSA) is 96.3 Å². The van der Waals surface area contributed by atoms with E-state index in [0.29, 0.717) is 6.54 Å². The number of urea groups is 1. The number of carboxylic acid groups (broad SMARTS) is 1. The SMILES string of the molecule is C[C@H](NC(=O)NCCCn1ccnc1)C(=O)O. The predicted octanol–water partition coefficient (Wildman–Crippen LogP) is 0.0455. The summed E-state index contributed by atoms with van der Waals surface area (Å²) in [4.78, 5) is 25.6. The van der Waals surface area contributed by atoms with Gasteiger partial charge in [0.2, 0.25) is 0 Å². The number of hydrogen-bond acceptors (Lipinski definition) is 3. The summed E-state index contributed by atoms with van der Waals surface area (Å²) in [5, 5.41) is 13.5. The zero-order valence-electron chi connectivity index (χ0n) is 9.59. The van der Waals surface area contributed by atoms with Gasteiger partial charge in [0.05, 0.1) is 6.33 Å². The van der Waals surface area contributed by atoms with Crippen molar-refractivity contribution in [3.8, 4) is 0 Å². The molecule has 0 saturated carbocycles. The maximum absolute atomic E-state index is 11.2. The Labute approximate surface area is 98.8 Å². The van der Waals surface area contributed by atoms with E-state index in [1.807, 2.05) is 10.8 Å². The summed E-state index contributed by atoms with van der Waals surface area (Å²) in [6.07, 6.45) is 5.99. The van der Waals surface area contributed by atoms with Crippen LogP contribution in [0.15, 0.2) is 18.7 Å². The van der Waals surface area contributed by atoms with Crippen LogP contribution in [0, 0.1) is 0 Å². The van der Waals surface area contributed by atoms with Crippen molar-refractivity contribution >= 4 is 12.0 Å². The van der Waals surface area contributed by atoms with Gasteiger partial charge in [0.15, 0.2) is 0 Å². The molecule has 1 atom stereocenters. The molecule has 1 rings (SSSR count). The third-order valence-electron chi connectivity index (χ3n) is 2.16. The van der Waals surface area contributed by atoms with Crippen LogP contribution >= 0.6 is 0 Å². The van der Waals surface area contributed by atoms with Crippen LogP contribution < -0.4 is 10.6 Å². The molecule has 0 radical (unpaired) electrons. The fourth-order valence-corrected chi connectivity index (χ4v) is 1.19. The molecule has 1 heterocycles. The van der Waals surface area contributed by atoms with E-state index in [2.05, 4.69) is 15.6 Å². The second kappa shape index (κ2) is 6.51. The van der Waals surface area contributed by atoms with Crippen LogP contribution in [0.25, 0.3) is 0 Å². The van der Waals surface area contributed by atoms with Crippen LogP contribution in [-0.2, 0) is 11.3 Å². The number of rotatable bonds is 6. The molecule has 0 unspecified atom stereocenters. The molecule has 3 N–H and O–H groups in total. The van der Waals surface area contributed by atoms with E-state index < -0.39 is 18.0 Å². The highest BCUT2D eigenvalue weighted by molar-refractivity contribution is 5.82. The standard InChI is InChI=1S/C10H16N4O3/c1-8(9(15)16)13-10(17)12-3-2-5-14-6-4-11-7-14/h4,6-8H,2-3,5H2,1H3,(H,15,16)(H2,12,13,17)/t8-/m0/s1.